The Bertz CT molecular complexity index is 2860. The van der Waals surface area contributed by atoms with E-state index in [0.29, 0.717) is 37.4 Å². The molecule has 450 valence electrons. The summed E-state index contributed by atoms with van der Waals surface area (Å²) in [5, 5.41) is 40.0. The van der Waals surface area contributed by atoms with Crippen LogP contribution >= 0.6 is 11.6 Å². The minimum absolute atomic E-state index is 0.0517. The van der Waals surface area contributed by atoms with Crippen molar-refractivity contribution in [3.63, 3.8) is 0 Å². The van der Waals surface area contributed by atoms with Crippen molar-refractivity contribution in [3.05, 3.63) is 82.5 Å². The summed E-state index contributed by atoms with van der Waals surface area (Å²) >= 11 is 6.86. The number of amides is 6. The number of carbonyl (C=O) groups excluding carboxylic acids is 7. The summed E-state index contributed by atoms with van der Waals surface area (Å²) in [5.74, 6) is -3.91. The fourth-order valence-corrected chi connectivity index (χ4v) is 11.2. The molecule has 0 spiro atoms. The molecular formula is C58H82ClN9O14. The lowest BCUT2D eigenvalue weighted by molar-refractivity contribution is -0.163. The summed E-state index contributed by atoms with van der Waals surface area (Å²) in [6, 6.07) is 12.2. The van der Waals surface area contributed by atoms with E-state index < -0.39 is 109 Å². The number of nitrogens with zero attached hydrogens (tertiary/aromatic N) is 6. The van der Waals surface area contributed by atoms with Gasteiger partial charge in [0.2, 0.25) is 29.5 Å². The molecule has 82 heavy (non-hydrogen) atoms. The first kappa shape index (κ1) is 64.6. The number of alkyl carbamates (subject to hydrolysis) is 1. The van der Waals surface area contributed by atoms with Gasteiger partial charge >= 0.3 is 12.1 Å². The number of aryl methyl sites for hydroxylation is 1. The number of likely N-dealkylation sites (N-methyl/N-ethyl adjacent to an activating group) is 1. The van der Waals surface area contributed by atoms with Crippen LogP contribution in [-0.4, -0.2) is 200 Å². The van der Waals surface area contributed by atoms with E-state index in [-0.39, 0.29) is 56.3 Å². The number of fused-ring (bicyclic) bond motifs is 6. The van der Waals surface area contributed by atoms with Gasteiger partial charge in [-0.3, -0.25) is 34.7 Å². The first-order valence-electron chi connectivity index (χ1n) is 27.6. The van der Waals surface area contributed by atoms with Crippen molar-refractivity contribution in [2.45, 2.75) is 109 Å². The molecule has 1 saturated heterocycles. The number of aliphatic hydroxyl groups is 3. The molecule has 6 amide bonds. The Kier molecular flexibility index (Phi) is 22.5. The monoisotopic (exact) mass is 1160 g/mol. The Morgan fingerprint density at radius 1 is 0.976 bits per heavy atom. The molecule has 1 saturated carbocycles. The van der Waals surface area contributed by atoms with E-state index in [2.05, 4.69) is 22.1 Å². The number of aliphatic hydroxyl groups excluding tert-OH is 2. The molecule has 23 nitrogen and oxygen atoms in total. The molecule has 1 aliphatic carbocycles. The van der Waals surface area contributed by atoms with Crippen molar-refractivity contribution >= 4 is 69.8 Å². The molecule has 2 fully saturated rings. The van der Waals surface area contributed by atoms with E-state index in [4.69, 9.17) is 30.5 Å². The highest BCUT2D eigenvalue weighted by molar-refractivity contribution is 6.35. The van der Waals surface area contributed by atoms with Crippen LogP contribution in [0.15, 0.2) is 66.3 Å². The largest absolute Gasteiger partial charge is 0.495 e. The van der Waals surface area contributed by atoms with Crippen molar-refractivity contribution in [1.29, 1.82) is 0 Å². The second-order valence-corrected chi connectivity index (χ2v) is 22.2. The van der Waals surface area contributed by atoms with Crippen LogP contribution in [-0.2, 0) is 62.5 Å². The SMILES string of the molecule is CNN(C)Cc1cc2ccccc2n1CCC(=O)NCC(=O)N(CCO)CC(=O)N(CCO)CCC(=O)N(C)[C@@H](C)C(=O)O[C@H]1CC(=O)N(C)c2cc(cc(OC)c2Cl)C/C(C)=C/C=C/[C@@H](OC)[C@@]2(O)C[C@H](OC(=O)N2)[C@@H](C)[C@@H]2C[C@]12C. The molecule has 2 aromatic carbocycles. The first-order valence-corrected chi connectivity index (χ1v) is 28.0. The van der Waals surface area contributed by atoms with Gasteiger partial charge in [0, 0.05) is 90.3 Å². The van der Waals surface area contributed by atoms with Gasteiger partial charge in [-0.05, 0) is 80.8 Å². The Labute approximate surface area is 484 Å². The average Bonchev–Trinajstić information content (AvgIpc) is 4.01. The number of benzene rings is 2. The molecular weight excluding hydrogens is 1080 g/mol. The van der Waals surface area contributed by atoms with E-state index in [0.717, 1.165) is 37.5 Å². The Hall–Kier alpha value is -6.60. The maximum absolute atomic E-state index is 14.5. The van der Waals surface area contributed by atoms with Crippen molar-refractivity contribution in [2.75, 3.05) is 93.2 Å². The number of allylic oxidation sites excluding steroid dienone is 3. The van der Waals surface area contributed by atoms with E-state index in [1.165, 1.54) is 38.0 Å². The van der Waals surface area contributed by atoms with Crippen LogP contribution in [0.2, 0.25) is 5.02 Å². The third-order valence-corrected chi connectivity index (χ3v) is 16.7. The zero-order valence-corrected chi connectivity index (χ0v) is 49.5. The lowest BCUT2D eigenvalue weighted by atomic mass is 9.83. The molecule has 4 bridgehead atoms. The van der Waals surface area contributed by atoms with Gasteiger partial charge in [0.15, 0.2) is 5.72 Å². The van der Waals surface area contributed by atoms with Gasteiger partial charge in [0.1, 0.15) is 35.1 Å². The molecule has 2 aliphatic heterocycles. The van der Waals surface area contributed by atoms with Crippen LogP contribution in [0.4, 0.5) is 10.5 Å². The van der Waals surface area contributed by atoms with Crippen molar-refractivity contribution < 1.29 is 67.8 Å². The zero-order chi connectivity index (χ0) is 60.2. The molecule has 3 aromatic rings. The zero-order valence-electron chi connectivity index (χ0n) is 48.7. The maximum Gasteiger partial charge on any atom is 0.409 e. The summed E-state index contributed by atoms with van der Waals surface area (Å²) in [6.45, 7) is 5.43. The van der Waals surface area contributed by atoms with Crippen LogP contribution in [0.1, 0.15) is 71.1 Å². The predicted octanol–water partition coefficient (Wildman–Crippen LogP) is 3.14. The Morgan fingerprint density at radius 3 is 2.37 bits per heavy atom. The highest BCUT2D eigenvalue weighted by Gasteiger charge is 2.62. The van der Waals surface area contributed by atoms with Gasteiger partial charge in [0.05, 0.1) is 52.1 Å². The van der Waals surface area contributed by atoms with Crippen LogP contribution in [0.3, 0.4) is 0 Å². The lowest BCUT2D eigenvalue weighted by Gasteiger charge is -2.42. The van der Waals surface area contributed by atoms with Crippen molar-refractivity contribution in [2.24, 2.45) is 17.3 Å². The fraction of sp³-hybridized carbons (Fsp3) is 0.569. The Morgan fingerprint density at radius 2 is 1.68 bits per heavy atom. The van der Waals surface area contributed by atoms with Gasteiger partial charge in [-0.2, -0.15) is 0 Å². The van der Waals surface area contributed by atoms with Crippen molar-refractivity contribution in [1.82, 2.24) is 40.3 Å². The molecule has 3 aliphatic rings. The van der Waals surface area contributed by atoms with Gasteiger partial charge in [-0.25, -0.2) is 14.6 Å². The first-order chi connectivity index (χ1) is 38.9. The number of aromatic nitrogens is 1. The van der Waals surface area contributed by atoms with Gasteiger partial charge in [-0.1, -0.05) is 67.4 Å². The maximum atomic E-state index is 14.5. The van der Waals surface area contributed by atoms with Crippen molar-refractivity contribution in [3.8, 4) is 5.75 Å². The summed E-state index contributed by atoms with van der Waals surface area (Å²) in [4.78, 5) is 101. The summed E-state index contributed by atoms with van der Waals surface area (Å²) in [5.41, 5.74) is 4.30. The molecule has 8 atom stereocenters. The minimum atomic E-state index is -1.86. The van der Waals surface area contributed by atoms with Crippen LogP contribution in [0.5, 0.6) is 5.75 Å². The second-order valence-electron chi connectivity index (χ2n) is 21.8. The number of methoxy groups -OCH3 is 2. The summed E-state index contributed by atoms with van der Waals surface area (Å²) in [7, 11) is 9.57. The molecule has 3 heterocycles. The summed E-state index contributed by atoms with van der Waals surface area (Å²) < 4.78 is 25.5. The standard InChI is InChI=1S/C58H82ClN9O14/c1-36-14-13-17-47(80-10)58(78)32-46(81-56(77)62-58)37(2)42-31-57(42,4)48(30-51(73)65(8)44-27-39(26-36)28-45(79-9)54(44)59)82-55(76)38(3)64(7)50(72)19-20-66(22-24-69)53(75)35-67(23-25-70)52(74)33-61-49(71)18-21-68-41(34-63(6)60-5)29-40-15-11-12-16-43(40)68/h11-17,27-29,37-38,42,46-48,60,69-70,78H,18-26,30-35H2,1-10H3,(H,61,71)(H,62,77)/b17-13+,36-14+/t37-,38-,42-,46-,47+,48-,57-,58-/m0/s1. The van der Waals surface area contributed by atoms with E-state index in [9.17, 15) is 48.9 Å². The van der Waals surface area contributed by atoms with Gasteiger partial charge in [0.25, 0.3) is 0 Å². The number of esters is 1. The van der Waals surface area contributed by atoms with E-state index in [1.807, 2.05) is 74.8 Å². The predicted molar refractivity (Wildman–Crippen MR) is 306 cm³/mol. The normalized spacial score (nSPS) is 24.3. The number of para-hydroxylation sites is 1. The average molecular weight is 1160 g/mol. The number of rotatable bonds is 22. The number of anilines is 1. The van der Waals surface area contributed by atoms with E-state index >= 15 is 0 Å². The summed E-state index contributed by atoms with van der Waals surface area (Å²) in [6.07, 6.45) is 1.74. The smallest absolute Gasteiger partial charge is 0.409 e. The molecule has 0 unspecified atom stereocenters. The van der Waals surface area contributed by atoms with Crippen LogP contribution in [0.25, 0.3) is 10.9 Å². The second kappa shape index (κ2) is 28.6. The quantitative estimate of drug-likeness (QED) is 0.0623. The van der Waals surface area contributed by atoms with Crippen LogP contribution in [0, 0.1) is 17.3 Å². The van der Waals surface area contributed by atoms with Crippen LogP contribution < -0.4 is 25.7 Å². The number of hydrogen-bond donors (Lipinski definition) is 6. The molecule has 6 rings (SSSR count). The third kappa shape index (κ3) is 15.7. The molecule has 24 heteroatoms. The highest BCUT2D eigenvalue weighted by Crippen LogP contribution is 2.61. The number of halogens is 1. The molecule has 0 radical (unpaired) electrons. The fourth-order valence-electron chi connectivity index (χ4n) is 10.9. The van der Waals surface area contributed by atoms with Gasteiger partial charge < -0.3 is 63.8 Å². The number of ether oxygens (including phenoxy) is 4. The topological polar surface area (TPSA) is 274 Å². The number of nitrogens with one attached hydrogen (secondary N) is 3. The molecule has 1 aromatic heterocycles. The molecule has 6 N–H and O–H groups in total. The number of carbonyl (C=O) groups is 7. The minimum Gasteiger partial charge on any atom is -0.495 e. The van der Waals surface area contributed by atoms with Gasteiger partial charge in [-0.15, -0.1) is 0 Å². The third-order valence-electron chi connectivity index (χ3n) is 16.3. The number of hydrogen-bond acceptors (Lipinski definition) is 16. The number of hydrazine groups is 1. The highest BCUT2D eigenvalue weighted by atomic mass is 35.5. The van der Waals surface area contributed by atoms with E-state index in [1.54, 1.807) is 31.3 Å². The lowest BCUT2D eigenvalue weighted by Crippen LogP contribution is -2.63. The Balaban J connectivity index is 1.12.